The first-order valence-electron chi connectivity index (χ1n) is 6.82. The van der Waals surface area contributed by atoms with E-state index in [9.17, 15) is 9.59 Å². The molecule has 1 aliphatic rings. The third-order valence-electron chi connectivity index (χ3n) is 3.61. The third-order valence-corrected chi connectivity index (χ3v) is 3.61. The van der Waals surface area contributed by atoms with Gasteiger partial charge in [0.1, 0.15) is 6.04 Å². The summed E-state index contributed by atoms with van der Waals surface area (Å²) >= 11 is 0. The minimum atomic E-state index is -0.581. The van der Waals surface area contributed by atoms with Crippen molar-refractivity contribution in [1.29, 1.82) is 0 Å². The molecule has 0 aromatic heterocycles. The van der Waals surface area contributed by atoms with Gasteiger partial charge in [-0.1, -0.05) is 20.3 Å². The maximum Gasteiger partial charge on any atom is 0.245 e. The Bertz CT molecular complexity index is 299. The Morgan fingerprint density at radius 1 is 1.28 bits per heavy atom. The highest BCUT2D eigenvalue weighted by molar-refractivity contribution is 5.89. The van der Waals surface area contributed by atoms with E-state index in [2.05, 4.69) is 5.32 Å². The first kappa shape index (κ1) is 15.0. The predicted octanol–water partition coefficient (Wildman–Crippen LogP) is 0.487. The molecule has 0 unspecified atom stereocenters. The van der Waals surface area contributed by atoms with Crippen LogP contribution in [0.1, 0.15) is 40.0 Å². The molecule has 0 aromatic carbocycles. The number of nitrogens with one attached hydrogen (secondary N) is 1. The zero-order valence-corrected chi connectivity index (χ0v) is 11.6. The lowest BCUT2D eigenvalue weighted by atomic mass is 9.97. The van der Waals surface area contributed by atoms with Crippen molar-refractivity contribution in [3.63, 3.8) is 0 Å². The number of nitrogens with two attached hydrogens (primary N) is 1. The van der Waals surface area contributed by atoms with Gasteiger partial charge in [0.2, 0.25) is 11.8 Å². The van der Waals surface area contributed by atoms with Crippen molar-refractivity contribution < 1.29 is 9.59 Å². The van der Waals surface area contributed by atoms with Gasteiger partial charge in [-0.05, 0) is 25.7 Å². The number of carbonyl (C=O) groups excluding carboxylic acids is 2. The smallest absolute Gasteiger partial charge is 0.245 e. The molecule has 5 heteroatoms. The maximum atomic E-state index is 12.4. The van der Waals surface area contributed by atoms with Gasteiger partial charge in [0.15, 0.2) is 0 Å². The number of hydrogen-bond donors (Lipinski definition) is 2. The van der Waals surface area contributed by atoms with Gasteiger partial charge in [-0.25, -0.2) is 0 Å². The molecule has 1 heterocycles. The highest BCUT2D eigenvalue weighted by Crippen LogP contribution is 2.15. The van der Waals surface area contributed by atoms with Crippen LogP contribution in [0.4, 0.5) is 0 Å². The van der Waals surface area contributed by atoms with Crippen molar-refractivity contribution in [3.8, 4) is 0 Å². The summed E-state index contributed by atoms with van der Waals surface area (Å²) in [6.07, 6.45) is 2.96. The standard InChI is InChI=1S/C13H25N3O2/c1-4-9(2)11(15-12(17)10(3)14)13(18)16-7-5-6-8-16/h9-11H,4-8,14H2,1-3H3,(H,15,17)/t9-,10-,11-/m0/s1. The molecule has 0 radical (unpaired) electrons. The first-order valence-corrected chi connectivity index (χ1v) is 6.82. The quantitative estimate of drug-likeness (QED) is 0.750. The summed E-state index contributed by atoms with van der Waals surface area (Å²) in [6, 6.07) is -1.02. The van der Waals surface area contributed by atoms with Crippen molar-refractivity contribution in [1.82, 2.24) is 10.2 Å². The maximum absolute atomic E-state index is 12.4. The first-order chi connectivity index (χ1) is 8.47. The fourth-order valence-corrected chi connectivity index (χ4v) is 2.10. The van der Waals surface area contributed by atoms with Gasteiger partial charge >= 0.3 is 0 Å². The summed E-state index contributed by atoms with van der Waals surface area (Å²) in [4.78, 5) is 25.9. The van der Waals surface area contributed by atoms with Gasteiger partial charge in [0.05, 0.1) is 6.04 Å². The van der Waals surface area contributed by atoms with Gasteiger partial charge in [-0.15, -0.1) is 0 Å². The minimum Gasteiger partial charge on any atom is -0.343 e. The van der Waals surface area contributed by atoms with Gasteiger partial charge in [0, 0.05) is 13.1 Å². The average molecular weight is 255 g/mol. The van der Waals surface area contributed by atoms with Crippen LogP contribution in [-0.2, 0) is 9.59 Å². The molecule has 2 amide bonds. The highest BCUT2D eigenvalue weighted by atomic mass is 16.2. The van der Waals surface area contributed by atoms with Gasteiger partial charge in [-0.3, -0.25) is 9.59 Å². The van der Waals surface area contributed by atoms with Crippen LogP contribution in [0.25, 0.3) is 0 Å². The Morgan fingerprint density at radius 3 is 2.28 bits per heavy atom. The van der Waals surface area contributed by atoms with Crippen molar-refractivity contribution in [2.75, 3.05) is 13.1 Å². The number of rotatable bonds is 5. The Labute approximate surface area is 109 Å². The molecule has 1 aliphatic heterocycles. The number of carbonyl (C=O) groups is 2. The molecule has 1 fully saturated rings. The van der Waals surface area contributed by atoms with E-state index in [1.54, 1.807) is 6.92 Å². The zero-order chi connectivity index (χ0) is 13.7. The van der Waals surface area contributed by atoms with Crippen LogP contribution in [0.15, 0.2) is 0 Å². The third kappa shape index (κ3) is 3.70. The van der Waals surface area contributed by atoms with E-state index in [1.165, 1.54) is 0 Å². The predicted molar refractivity (Wildman–Crippen MR) is 70.8 cm³/mol. The summed E-state index contributed by atoms with van der Waals surface area (Å²) in [5.41, 5.74) is 5.54. The Morgan fingerprint density at radius 2 is 1.83 bits per heavy atom. The van der Waals surface area contributed by atoms with Crippen molar-refractivity contribution >= 4 is 11.8 Å². The molecule has 0 spiro atoms. The summed E-state index contributed by atoms with van der Waals surface area (Å²) in [7, 11) is 0. The lowest BCUT2D eigenvalue weighted by Gasteiger charge is -2.28. The molecular weight excluding hydrogens is 230 g/mol. The van der Waals surface area contributed by atoms with E-state index in [0.717, 1.165) is 32.4 Å². The molecular formula is C13H25N3O2. The largest absolute Gasteiger partial charge is 0.343 e. The number of nitrogens with zero attached hydrogens (tertiary/aromatic N) is 1. The van der Waals surface area contributed by atoms with Crippen LogP contribution < -0.4 is 11.1 Å². The fourth-order valence-electron chi connectivity index (χ4n) is 2.10. The molecule has 1 rings (SSSR count). The molecule has 104 valence electrons. The second-order valence-electron chi connectivity index (χ2n) is 5.19. The van der Waals surface area contributed by atoms with Crippen molar-refractivity contribution in [3.05, 3.63) is 0 Å². The van der Waals surface area contributed by atoms with Crippen LogP contribution in [0.3, 0.4) is 0 Å². The van der Waals surface area contributed by atoms with Crippen molar-refractivity contribution in [2.45, 2.75) is 52.1 Å². The van der Waals surface area contributed by atoms with E-state index < -0.39 is 12.1 Å². The van der Waals surface area contributed by atoms with E-state index in [4.69, 9.17) is 5.73 Å². The highest BCUT2D eigenvalue weighted by Gasteiger charge is 2.31. The van der Waals surface area contributed by atoms with E-state index in [-0.39, 0.29) is 17.7 Å². The normalized spacial score (nSPS) is 20.3. The molecule has 18 heavy (non-hydrogen) atoms. The number of amides is 2. The van der Waals surface area contributed by atoms with Crippen LogP contribution in [-0.4, -0.2) is 41.9 Å². The second-order valence-corrected chi connectivity index (χ2v) is 5.19. The van der Waals surface area contributed by atoms with Gasteiger partial charge in [-0.2, -0.15) is 0 Å². The minimum absolute atomic E-state index is 0.0378. The molecule has 1 saturated heterocycles. The second kappa shape index (κ2) is 6.73. The van der Waals surface area contributed by atoms with Crippen LogP contribution in [0.5, 0.6) is 0 Å². The van der Waals surface area contributed by atoms with Crippen LogP contribution in [0.2, 0.25) is 0 Å². The SMILES string of the molecule is CC[C@H](C)[C@H](NC(=O)[C@H](C)N)C(=O)N1CCCC1. The van der Waals surface area contributed by atoms with Crippen molar-refractivity contribution in [2.24, 2.45) is 11.7 Å². The summed E-state index contributed by atoms with van der Waals surface area (Å²) in [5.74, 6) is -0.0931. The fraction of sp³-hybridized carbons (Fsp3) is 0.846. The van der Waals surface area contributed by atoms with E-state index in [1.807, 2.05) is 18.7 Å². The summed E-state index contributed by atoms with van der Waals surface area (Å²) < 4.78 is 0. The number of likely N-dealkylation sites (tertiary alicyclic amines) is 1. The lowest BCUT2D eigenvalue weighted by Crippen LogP contribution is -2.54. The molecule has 0 aliphatic carbocycles. The molecule has 3 atom stereocenters. The van der Waals surface area contributed by atoms with Crippen LogP contribution >= 0.6 is 0 Å². The summed E-state index contributed by atoms with van der Waals surface area (Å²) in [6.45, 7) is 7.25. The van der Waals surface area contributed by atoms with Crippen LogP contribution in [0, 0.1) is 5.92 Å². The Hall–Kier alpha value is -1.10. The Balaban J connectivity index is 2.70. The zero-order valence-electron chi connectivity index (χ0n) is 11.6. The molecule has 0 aromatic rings. The topological polar surface area (TPSA) is 75.4 Å². The van der Waals surface area contributed by atoms with Gasteiger partial charge < -0.3 is 16.0 Å². The monoisotopic (exact) mass is 255 g/mol. The molecule has 0 bridgehead atoms. The lowest BCUT2D eigenvalue weighted by molar-refractivity contribution is -0.137. The molecule has 0 saturated carbocycles. The van der Waals surface area contributed by atoms with E-state index >= 15 is 0 Å². The van der Waals surface area contributed by atoms with Gasteiger partial charge in [0.25, 0.3) is 0 Å². The summed E-state index contributed by atoms with van der Waals surface area (Å²) in [5, 5.41) is 2.79. The average Bonchev–Trinajstić information content (AvgIpc) is 2.87. The Kier molecular flexibility index (Phi) is 5.59. The molecule has 5 nitrogen and oxygen atoms in total. The van der Waals surface area contributed by atoms with E-state index in [0.29, 0.717) is 0 Å². The number of hydrogen-bond acceptors (Lipinski definition) is 3. The molecule has 3 N–H and O–H groups in total.